The highest BCUT2D eigenvalue weighted by Gasteiger charge is 2.22. The summed E-state index contributed by atoms with van der Waals surface area (Å²) in [5.74, 6) is -0.175. The van der Waals surface area contributed by atoms with Gasteiger partial charge < -0.3 is 23.6 Å². The lowest BCUT2D eigenvalue weighted by Gasteiger charge is -2.19. The highest BCUT2D eigenvalue weighted by Crippen LogP contribution is 2.34. The van der Waals surface area contributed by atoms with Crippen molar-refractivity contribution in [3.8, 4) is 17.3 Å². The fourth-order valence-corrected chi connectivity index (χ4v) is 2.81. The molecule has 1 amide bonds. The SMILES string of the molecule is Cc1c(-c2cc3ccccc3o2)oc(=O)c(C)c1OC(=O)CNC(=O)OC(C)(C)C. The number of nitrogens with one attached hydrogen (secondary N) is 1. The molecule has 8 heteroatoms. The Morgan fingerprint density at radius 1 is 1.07 bits per heavy atom. The number of alkyl carbamates (subject to hydrolysis) is 1. The molecule has 30 heavy (non-hydrogen) atoms. The third-order valence-electron chi connectivity index (χ3n) is 4.16. The summed E-state index contributed by atoms with van der Waals surface area (Å²) in [6, 6.07) is 9.10. The lowest BCUT2D eigenvalue weighted by molar-refractivity contribution is -0.133. The van der Waals surface area contributed by atoms with Crippen LogP contribution in [-0.2, 0) is 9.53 Å². The molecule has 0 saturated carbocycles. The Balaban J connectivity index is 1.84. The molecule has 158 valence electrons. The zero-order valence-corrected chi connectivity index (χ0v) is 17.5. The van der Waals surface area contributed by atoms with Crippen LogP contribution < -0.4 is 15.7 Å². The van der Waals surface area contributed by atoms with Gasteiger partial charge in [0.25, 0.3) is 0 Å². The Labute approximate surface area is 172 Å². The normalized spacial score (nSPS) is 11.4. The van der Waals surface area contributed by atoms with E-state index in [-0.39, 0.29) is 17.1 Å². The van der Waals surface area contributed by atoms with Crippen LogP contribution in [-0.4, -0.2) is 24.2 Å². The Hall–Kier alpha value is -3.55. The van der Waals surface area contributed by atoms with Crippen LogP contribution in [0.1, 0.15) is 31.9 Å². The van der Waals surface area contributed by atoms with Gasteiger partial charge in [0, 0.05) is 10.9 Å². The van der Waals surface area contributed by atoms with Gasteiger partial charge in [-0.2, -0.15) is 0 Å². The van der Waals surface area contributed by atoms with Gasteiger partial charge >= 0.3 is 17.7 Å². The van der Waals surface area contributed by atoms with E-state index in [0.717, 1.165) is 5.39 Å². The summed E-state index contributed by atoms with van der Waals surface area (Å²) in [6.07, 6.45) is -0.747. The summed E-state index contributed by atoms with van der Waals surface area (Å²) in [6.45, 7) is 7.85. The molecule has 0 spiro atoms. The first kappa shape index (κ1) is 21.2. The van der Waals surface area contributed by atoms with E-state index in [0.29, 0.717) is 16.9 Å². The van der Waals surface area contributed by atoms with E-state index in [2.05, 4.69) is 5.32 Å². The van der Waals surface area contributed by atoms with E-state index in [1.807, 2.05) is 18.2 Å². The smallest absolute Gasteiger partial charge is 0.408 e. The largest absolute Gasteiger partial charge is 0.453 e. The van der Waals surface area contributed by atoms with Crippen LogP contribution >= 0.6 is 0 Å². The lowest BCUT2D eigenvalue weighted by atomic mass is 10.1. The zero-order chi connectivity index (χ0) is 22.1. The second-order valence-corrected chi connectivity index (χ2v) is 7.78. The molecule has 0 aliphatic rings. The number of carbonyl (C=O) groups is 2. The van der Waals surface area contributed by atoms with E-state index in [1.54, 1.807) is 39.8 Å². The maximum absolute atomic E-state index is 12.3. The predicted octanol–water partition coefficient (Wildman–Crippen LogP) is 4.10. The highest BCUT2D eigenvalue weighted by atomic mass is 16.6. The number of hydrogen-bond donors (Lipinski definition) is 1. The molecule has 1 N–H and O–H groups in total. The Morgan fingerprint density at radius 3 is 2.43 bits per heavy atom. The van der Waals surface area contributed by atoms with Crippen molar-refractivity contribution >= 4 is 23.0 Å². The molecule has 0 fully saturated rings. The summed E-state index contributed by atoms with van der Waals surface area (Å²) in [5, 5.41) is 3.16. The minimum absolute atomic E-state index is 0.0673. The van der Waals surface area contributed by atoms with Gasteiger partial charge in [-0.3, -0.25) is 0 Å². The van der Waals surface area contributed by atoms with Gasteiger partial charge in [-0.25, -0.2) is 14.4 Å². The monoisotopic (exact) mass is 413 g/mol. The van der Waals surface area contributed by atoms with Gasteiger partial charge in [0.15, 0.2) is 11.5 Å². The van der Waals surface area contributed by atoms with Crippen LogP contribution in [0.15, 0.2) is 44.0 Å². The predicted molar refractivity (Wildman–Crippen MR) is 110 cm³/mol. The van der Waals surface area contributed by atoms with E-state index < -0.39 is 29.8 Å². The highest BCUT2D eigenvalue weighted by molar-refractivity contribution is 5.83. The fraction of sp³-hybridized carbons (Fsp3) is 0.318. The maximum Gasteiger partial charge on any atom is 0.408 e. The number of carbonyl (C=O) groups excluding carboxylic acids is 2. The second-order valence-electron chi connectivity index (χ2n) is 7.78. The molecule has 3 rings (SSSR count). The van der Waals surface area contributed by atoms with Crippen LogP contribution in [0, 0.1) is 13.8 Å². The molecule has 0 bridgehead atoms. The van der Waals surface area contributed by atoms with Gasteiger partial charge in [-0.1, -0.05) is 18.2 Å². The molecule has 0 radical (unpaired) electrons. The molecule has 2 heterocycles. The van der Waals surface area contributed by atoms with Gasteiger partial charge in [0.1, 0.15) is 23.5 Å². The summed E-state index contributed by atoms with van der Waals surface area (Å²) in [4.78, 5) is 36.3. The molecule has 8 nitrogen and oxygen atoms in total. The molecule has 0 atom stereocenters. The molecular formula is C22H23NO7. The number of hydrogen-bond acceptors (Lipinski definition) is 7. The number of esters is 1. The Morgan fingerprint density at radius 2 is 1.77 bits per heavy atom. The Bertz CT molecular complexity index is 1130. The van der Waals surface area contributed by atoms with Crippen LogP contribution in [0.25, 0.3) is 22.5 Å². The van der Waals surface area contributed by atoms with E-state index >= 15 is 0 Å². The topological polar surface area (TPSA) is 108 Å². The zero-order valence-electron chi connectivity index (χ0n) is 17.5. The van der Waals surface area contributed by atoms with Crippen molar-refractivity contribution < 1.29 is 27.9 Å². The minimum Gasteiger partial charge on any atom is -0.453 e. The van der Waals surface area contributed by atoms with Crippen LogP contribution in [0.3, 0.4) is 0 Å². The number of rotatable bonds is 4. The fourth-order valence-electron chi connectivity index (χ4n) is 2.81. The average Bonchev–Trinajstić information content (AvgIpc) is 3.09. The van der Waals surface area contributed by atoms with Crippen LogP contribution in [0.2, 0.25) is 0 Å². The van der Waals surface area contributed by atoms with Crippen molar-refractivity contribution in [3.05, 3.63) is 51.9 Å². The lowest BCUT2D eigenvalue weighted by Crippen LogP contribution is -2.36. The maximum atomic E-state index is 12.3. The summed E-state index contributed by atoms with van der Waals surface area (Å²) < 4.78 is 21.6. The summed E-state index contributed by atoms with van der Waals surface area (Å²) >= 11 is 0. The van der Waals surface area contributed by atoms with Gasteiger partial charge in [0.2, 0.25) is 0 Å². The van der Waals surface area contributed by atoms with Crippen molar-refractivity contribution in [2.45, 2.75) is 40.2 Å². The van der Waals surface area contributed by atoms with Crippen LogP contribution in [0.5, 0.6) is 5.75 Å². The molecule has 0 aliphatic heterocycles. The van der Waals surface area contributed by atoms with Crippen molar-refractivity contribution in [2.24, 2.45) is 0 Å². The molecule has 0 aliphatic carbocycles. The van der Waals surface area contributed by atoms with Crippen molar-refractivity contribution in [1.29, 1.82) is 0 Å². The Kier molecular flexibility index (Phi) is 5.69. The third-order valence-corrected chi connectivity index (χ3v) is 4.16. The average molecular weight is 413 g/mol. The first-order valence-electron chi connectivity index (χ1n) is 9.36. The first-order valence-corrected chi connectivity index (χ1v) is 9.36. The number of furan rings is 1. The number of para-hydroxylation sites is 1. The summed E-state index contributed by atoms with van der Waals surface area (Å²) in [5.41, 5.74) is -0.148. The van der Waals surface area contributed by atoms with Crippen molar-refractivity contribution in [1.82, 2.24) is 5.32 Å². The van der Waals surface area contributed by atoms with Gasteiger partial charge in [0.05, 0.1) is 5.56 Å². The molecule has 1 aromatic carbocycles. The van der Waals surface area contributed by atoms with Crippen molar-refractivity contribution in [3.63, 3.8) is 0 Å². The van der Waals surface area contributed by atoms with E-state index in [4.69, 9.17) is 18.3 Å². The van der Waals surface area contributed by atoms with Crippen molar-refractivity contribution in [2.75, 3.05) is 6.54 Å². The minimum atomic E-state index is -0.756. The molecular weight excluding hydrogens is 390 g/mol. The summed E-state index contributed by atoms with van der Waals surface area (Å²) in [7, 11) is 0. The number of fused-ring (bicyclic) bond motifs is 1. The number of ether oxygens (including phenoxy) is 2. The molecule has 0 saturated heterocycles. The van der Waals surface area contributed by atoms with E-state index in [1.165, 1.54) is 6.92 Å². The molecule has 2 aromatic heterocycles. The molecule has 0 unspecified atom stereocenters. The van der Waals surface area contributed by atoms with Gasteiger partial charge in [-0.15, -0.1) is 0 Å². The second kappa shape index (κ2) is 8.06. The third kappa shape index (κ3) is 4.71. The first-order chi connectivity index (χ1) is 14.0. The number of benzene rings is 1. The molecule has 3 aromatic rings. The van der Waals surface area contributed by atoms with Gasteiger partial charge in [-0.05, 0) is 46.8 Å². The standard InChI is InChI=1S/C22H23NO7/c1-12-18(28-17(24)11-23-21(26)30-22(3,4)5)13(2)20(25)29-19(12)16-10-14-8-6-7-9-15(14)27-16/h6-10H,11H2,1-5H3,(H,23,26). The number of amides is 1. The quantitative estimate of drug-likeness (QED) is 0.642. The van der Waals surface area contributed by atoms with Crippen LogP contribution in [0.4, 0.5) is 4.79 Å². The van der Waals surface area contributed by atoms with E-state index in [9.17, 15) is 14.4 Å².